The number of piperidine rings is 1. The molecule has 268 valence electrons. The summed E-state index contributed by atoms with van der Waals surface area (Å²) in [6, 6.07) is 28.9. The summed E-state index contributed by atoms with van der Waals surface area (Å²) >= 11 is 0. The number of esters is 1. The van der Waals surface area contributed by atoms with Crippen LogP contribution in [0.4, 0.5) is 4.79 Å². The highest BCUT2D eigenvalue weighted by molar-refractivity contribution is 5.78. The molecule has 0 aromatic heterocycles. The number of amides is 2. The predicted molar refractivity (Wildman–Crippen MR) is 195 cm³/mol. The van der Waals surface area contributed by atoms with Crippen molar-refractivity contribution < 1.29 is 24.5 Å². The zero-order chi connectivity index (χ0) is 35.1. The number of nitrogens with one attached hydrogen (secondary N) is 2. The molecule has 3 fully saturated rings. The molecule has 1 saturated carbocycles. The van der Waals surface area contributed by atoms with Gasteiger partial charge in [0.1, 0.15) is 17.6 Å². The molecule has 50 heavy (non-hydrogen) atoms. The maximum absolute atomic E-state index is 13.5. The minimum absolute atomic E-state index is 0.0268. The summed E-state index contributed by atoms with van der Waals surface area (Å²) in [5.41, 5.74) is 0.917. The van der Waals surface area contributed by atoms with Crippen LogP contribution in [0.2, 0.25) is 0 Å². The van der Waals surface area contributed by atoms with Crippen molar-refractivity contribution in [2.75, 3.05) is 13.2 Å². The molecule has 2 heterocycles. The molecule has 2 bridgehead atoms. The Hall–Kier alpha value is -3.72. The van der Waals surface area contributed by atoms with Crippen LogP contribution in [0.5, 0.6) is 0 Å². The van der Waals surface area contributed by atoms with Crippen molar-refractivity contribution >= 4 is 12.0 Å². The van der Waals surface area contributed by atoms with E-state index in [1.54, 1.807) is 0 Å². The average Bonchev–Trinajstić information content (AvgIpc) is 3.38. The number of carbonyl (C=O) groups is 2. The van der Waals surface area contributed by atoms with Gasteiger partial charge in [-0.1, -0.05) is 105 Å². The van der Waals surface area contributed by atoms with Gasteiger partial charge in [0.05, 0.1) is 12.6 Å². The van der Waals surface area contributed by atoms with E-state index >= 15 is 0 Å². The van der Waals surface area contributed by atoms with Crippen molar-refractivity contribution in [1.82, 2.24) is 15.5 Å². The van der Waals surface area contributed by atoms with Gasteiger partial charge in [0.2, 0.25) is 0 Å². The molecular weight excluding hydrogens is 626 g/mol. The van der Waals surface area contributed by atoms with Crippen LogP contribution in [0.3, 0.4) is 0 Å². The SMILES string of the molecule is CC(C)[C@H](NC(=O)N[C@H]1CC[C@H](CCN2[C@@H]3CC[C@H]2CC(OC(=O)C(CO)c2ccccc2)C3)CC1)C(O)(c1ccccc1)c1ccccc1. The number of hydrogen-bond donors (Lipinski definition) is 4. The lowest BCUT2D eigenvalue weighted by Gasteiger charge is -2.41. The first-order valence-corrected chi connectivity index (χ1v) is 18.8. The smallest absolute Gasteiger partial charge is 0.316 e. The Bertz CT molecular complexity index is 1460. The Morgan fingerprint density at radius 2 is 1.36 bits per heavy atom. The summed E-state index contributed by atoms with van der Waals surface area (Å²) < 4.78 is 5.99. The standard InChI is InChI=1S/C42H55N3O5/c1-29(2)39(42(49,32-14-8-4-9-15-32)33-16-10-5-11-17-33)44-41(48)43-34-20-18-30(19-21-34)24-25-45-35-22-23-36(45)27-37(26-35)50-40(47)38(28-46)31-12-6-3-7-13-31/h3-17,29-30,34-39,46,49H,18-28H2,1-2H3,(H2,43,44,48)/t30-,34-,35-,36+,37?,38?,39-/m0/s1. The normalized spacial score (nSPS) is 25.1. The summed E-state index contributed by atoms with van der Waals surface area (Å²) in [4.78, 5) is 29.1. The second-order valence-electron chi connectivity index (χ2n) is 15.1. The highest BCUT2D eigenvalue weighted by Crippen LogP contribution is 2.39. The van der Waals surface area contributed by atoms with Crippen LogP contribution < -0.4 is 10.6 Å². The summed E-state index contributed by atoms with van der Waals surface area (Å²) in [5, 5.41) is 28.7. The van der Waals surface area contributed by atoms with E-state index < -0.39 is 17.6 Å². The summed E-state index contributed by atoms with van der Waals surface area (Å²) in [7, 11) is 0. The molecule has 8 heteroatoms. The molecule has 2 amide bonds. The molecule has 2 unspecified atom stereocenters. The number of nitrogens with zero attached hydrogens (tertiary/aromatic N) is 1. The first-order valence-electron chi connectivity index (χ1n) is 18.8. The van der Waals surface area contributed by atoms with Crippen LogP contribution in [-0.2, 0) is 15.1 Å². The van der Waals surface area contributed by atoms with Crippen LogP contribution in [0.1, 0.15) is 94.2 Å². The van der Waals surface area contributed by atoms with E-state index in [2.05, 4.69) is 15.5 Å². The second-order valence-corrected chi connectivity index (χ2v) is 15.1. The number of aliphatic hydroxyl groups excluding tert-OH is 1. The van der Waals surface area contributed by atoms with E-state index in [1.165, 1.54) is 0 Å². The molecule has 2 saturated heterocycles. The Labute approximate surface area is 297 Å². The van der Waals surface area contributed by atoms with Gasteiger partial charge in [-0.25, -0.2) is 4.79 Å². The fourth-order valence-electron chi connectivity index (χ4n) is 8.89. The molecule has 2 aliphatic heterocycles. The molecule has 6 rings (SSSR count). The molecular formula is C42H55N3O5. The highest BCUT2D eigenvalue weighted by Gasteiger charge is 2.44. The summed E-state index contributed by atoms with van der Waals surface area (Å²) in [5.74, 6) is -0.350. The molecule has 1 aliphatic carbocycles. The molecule has 3 aromatic rings. The van der Waals surface area contributed by atoms with Gasteiger partial charge in [0.15, 0.2) is 0 Å². The molecule has 4 N–H and O–H groups in total. The van der Waals surface area contributed by atoms with Crippen molar-refractivity contribution in [3.05, 3.63) is 108 Å². The van der Waals surface area contributed by atoms with Gasteiger partial charge in [0.25, 0.3) is 0 Å². The van der Waals surface area contributed by atoms with E-state index in [0.717, 1.165) is 81.0 Å². The molecule has 8 nitrogen and oxygen atoms in total. The fraction of sp³-hybridized carbons (Fsp3) is 0.524. The van der Waals surface area contributed by atoms with E-state index in [4.69, 9.17) is 4.74 Å². The lowest BCUT2D eigenvalue weighted by molar-refractivity contribution is -0.155. The third kappa shape index (κ3) is 8.25. The maximum atomic E-state index is 13.5. The van der Waals surface area contributed by atoms with Gasteiger partial charge in [-0.15, -0.1) is 0 Å². The van der Waals surface area contributed by atoms with Gasteiger partial charge >= 0.3 is 12.0 Å². The summed E-state index contributed by atoms with van der Waals surface area (Å²) in [6.07, 6.45) is 9.14. The van der Waals surface area contributed by atoms with Crippen molar-refractivity contribution in [1.29, 1.82) is 0 Å². The monoisotopic (exact) mass is 681 g/mol. The Morgan fingerprint density at radius 3 is 1.88 bits per heavy atom. The number of carbonyl (C=O) groups excluding carboxylic acids is 2. The number of urea groups is 1. The van der Waals surface area contributed by atoms with Gasteiger partial charge in [-0.2, -0.15) is 0 Å². The van der Waals surface area contributed by atoms with Crippen molar-refractivity contribution in [3.8, 4) is 0 Å². The number of benzene rings is 3. The minimum Gasteiger partial charge on any atom is -0.462 e. The van der Waals surface area contributed by atoms with Crippen molar-refractivity contribution in [2.45, 2.75) is 113 Å². The number of ether oxygens (including phenoxy) is 1. The number of hydrogen-bond acceptors (Lipinski definition) is 6. The van der Waals surface area contributed by atoms with Gasteiger partial charge in [-0.05, 0) is 80.0 Å². The fourth-order valence-corrected chi connectivity index (χ4v) is 8.89. The van der Waals surface area contributed by atoms with Gasteiger partial charge in [0, 0.05) is 31.0 Å². The van der Waals surface area contributed by atoms with Crippen LogP contribution in [-0.4, -0.2) is 70.5 Å². The lowest BCUT2D eigenvalue weighted by Crippen LogP contribution is -2.57. The first-order chi connectivity index (χ1) is 24.3. The minimum atomic E-state index is -1.38. The molecule has 0 radical (unpaired) electrons. The van der Waals surface area contributed by atoms with Crippen LogP contribution in [0.25, 0.3) is 0 Å². The third-order valence-corrected chi connectivity index (χ3v) is 11.6. The molecule has 0 spiro atoms. The Morgan fingerprint density at radius 1 is 0.820 bits per heavy atom. The van der Waals surface area contributed by atoms with Gasteiger partial charge < -0.3 is 25.6 Å². The van der Waals surface area contributed by atoms with E-state index in [9.17, 15) is 19.8 Å². The van der Waals surface area contributed by atoms with E-state index in [0.29, 0.717) is 18.0 Å². The van der Waals surface area contributed by atoms with Crippen molar-refractivity contribution in [3.63, 3.8) is 0 Å². The Balaban J connectivity index is 0.967. The summed E-state index contributed by atoms with van der Waals surface area (Å²) in [6.45, 7) is 4.89. The number of fused-ring (bicyclic) bond motifs is 2. The van der Waals surface area contributed by atoms with E-state index in [1.807, 2.05) is 105 Å². The first kappa shape index (κ1) is 36.1. The number of rotatable bonds is 13. The zero-order valence-corrected chi connectivity index (χ0v) is 29.6. The third-order valence-electron chi connectivity index (χ3n) is 11.6. The molecule has 5 atom stereocenters. The highest BCUT2D eigenvalue weighted by atomic mass is 16.5. The van der Waals surface area contributed by atoms with Gasteiger partial charge in [-0.3, -0.25) is 9.69 Å². The Kier molecular flexibility index (Phi) is 11.9. The largest absolute Gasteiger partial charge is 0.462 e. The van der Waals surface area contributed by atoms with Crippen LogP contribution >= 0.6 is 0 Å². The topological polar surface area (TPSA) is 111 Å². The average molecular weight is 682 g/mol. The van der Waals surface area contributed by atoms with E-state index in [-0.39, 0.29) is 36.7 Å². The van der Waals surface area contributed by atoms with Crippen LogP contribution in [0, 0.1) is 11.8 Å². The van der Waals surface area contributed by atoms with Crippen molar-refractivity contribution in [2.24, 2.45) is 11.8 Å². The quantitative estimate of drug-likeness (QED) is 0.153. The maximum Gasteiger partial charge on any atom is 0.316 e. The van der Waals surface area contributed by atoms with Crippen LogP contribution in [0.15, 0.2) is 91.0 Å². The molecule has 3 aliphatic rings. The second kappa shape index (κ2) is 16.5. The molecule has 3 aromatic carbocycles. The number of aliphatic hydroxyl groups is 2. The predicted octanol–water partition coefficient (Wildman–Crippen LogP) is 6.51. The lowest BCUT2D eigenvalue weighted by atomic mass is 9.76. The zero-order valence-electron chi connectivity index (χ0n) is 29.6.